The van der Waals surface area contributed by atoms with E-state index in [-0.39, 0.29) is 11.4 Å². The zero-order chi connectivity index (χ0) is 15.8. The van der Waals surface area contributed by atoms with Crippen LogP contribution in [0.3, 0.4) is 0 Å². The normalized spacial score (nSPS) is 11.1. The lowest BCUT2D eigenvalue weighted by Gasteiger charge is -2.10. The standard InChI is InChI=1S/C12H7F3N4O2/c13-12(14,15)8-3-7(2-1-6(8)4-16)19-5-9(17)10(18-19)11(20)21/h1-3,5H,17H2,(H,20,21). The van der Waals surface area contributed by atoms with Crippen molar-refractivity contribution in [2.45, 2.75) is 6.18 Å². The van der Waals surface area contributed by atoms with Crippen molar-refractivity contribution in [1.82, 2.24) is 9.78 Å². The third kappa shape index (κ3) is 2.64. The second-order valence-corrected chi connectivity index (χ2v) is 4.02. The first-order chi connectivity index (χ1) is 9.74. The van der Waals surface area contributed by atoms with E-state index in [0.29, 0.717) is 6.07 Å². The smallest absolute Gasteiger partial charge is 0.417 e. The molecule has 108 valence electrons. The van der Waals surface area contributed by atoms with Crippen LogP contribution in [0.4, 0.5) is 18.9 Å². The molecule has 0 bridgehead atoms. The van der Waals surface area contributed by atoms with Crippen LogP contribution >= 0.6 is 0 Å². The number of carbonyl (C=O) groups is 1. The molecule has 0 aliphatic heterocycles. The molecule has 3 N–H and O–H groups in total. The molecule has 6 nitrogen and oxygen atoms in total. The lowest BCUT2D eigenvalue weighted by Crippen LogP contribution is -2.09. The first-order valence-electron chi connectivity index (χ1n) is 5.44. The minimum absolute atomic E-state index is 0.0551. The molecule has 0 spiro atoms. The number of anilines is 1. The zero-order valence-electron chi connectivity index (χ0n) is 10.2. The summed E-state index contributed by atoms with van der Waals surface area (Å²) in [6, 6.07) is 4.35. The van der Waals surface area contributed by atoms with E-state index < -0.39 is 29.0 Å². The number of hydrogen-bond acceptors (Lipinski definition) is 4. The molecule has 0 saturated heterocycles. The molecule has 0 fully saturated rings. The summed E-state index contributed by atoms with van der Waals surface area (Å²) in [4.78, 5) is 10.8. The van der Waals surface area contributed by atoms with Gasteiger partial charge in [0.15, 0.2) is 5.69 Å². The van der Waals surface area contributed by atoms with Crippen molar-refractivity contribution in [3.63, 3.8) is 0 Å². The van der Waals surface area contributed by atoms with Crippen molar-refractivity contribution in [2.75, 3.05) is 5.73 Å². The van der Waals surface area contributed by atoms with Gasteiger partial charge in [0.1, 0.15) is 0 Å². The van der Waals surface area contributed by atoms with Gasteiger partial charge in [-0.2, -0.15) is 23.5 Å². The van der Waals surface area contributed by atoms with Crippen LogP contribution in [0.5, 0.6) is 0 Å². The fourth-order valence-electron chi connectivity index (χ4n) is 1.69. The predicted molar refractivity (Wildman–Crippen MR) is 64.7 cm³/mol. The van der Waals surface area contributed by atoms with Gasteiger partial charge in [0.05, 0.1) is 34.8 Å². The van der Waals surface area contributed by atoms with Gasteiger partial charge in [0.25, 0.3) is 0 Å². The van der Waals surface area contributed by atoms with Crippen molar-refractivity contribution in [2.24, 2.45) is 0 Å². The highest BCUT2D eigenvalue weighted by molar-refractivity contribution is 5.91. The fraction of sp³-hybridized carbons (Fsp3) is 0.0833. The molecule has 0 unspecified atom stereocenters. The Balaban J connectivity index is 2.59. The Morgan fingerprint density at radius 1 is 1.43 bits per heavy atom. The number of aromatic nitrogens is 2. The second kappa shape index (κ2) is 4.82. The minimum atomic E-state index is -4.71. The maximum Gasteiger partial charge on any atom is 0.417 e. The summed E-state index contributed by atoms with van der Waals surface area (Å²) in [5.41, 5.74) is 3.05. The quantitative estimate of drug-likeness (QED) is 0.882. The number of carboxylic acid groups (broad SMARTS) is 1. The molecule has 0 radical (unpaired) electrons. The zero-order valence-corrected chi connectivity index (χ0v) is 10.2. The number of hydrogen-bond donors (Lipinski definition) is 2. The molecule has 0 amide bonds. The Kier molecular flexibility index (Phi) is 3.31. The van der Waals surface area contributed by atoms with Gasteiger partial charge in [-0.3, -0.25) is 0 Å². The Morgan fingerprint density at radius 2 is 2.10 bits per heavy atom. The number of nitriles is 1. The molecule has 2 aromatic rings. The second-order valence-electron chi connectivity index (χ2n) is 4.02. The number of rotatable bonds is 2. The lowest BCUT2D eigenvalue weighted by molar-refractivity contribution is -0.137. The van der Waals surface area contributed by atoms with Crippen molar-refractivity contribution in [1.29, 1.82) is 5.26 Å². The number of nitrogens with two attached hydrogens (primary N) is 1. The summed E-state index contributed by atoms with van der Waals surface area (Å²) < 4.78 is 39.4. The number of alkyl halides is 3. The highest BCUT2D eigenvalue weighted by Gasteiger charge is 2.34. The van der Waals surface area contributed by atoms with E-state index in [9.17, 15) is 18.0 Å². The topological polar surface area (TPSA) is 105 Å². The van der Waals surface area contributed by atoms with Gasteiger partial charge in [-0.1, -0.05) is 0 Å². The lowest BCUT2D eigenvalue weighted by atomic mass is 10.1. The van der Waals surface area contributed by atoms with Gasteiger partial charge in [-0.05, 0) is 18.2 Å². The van der Waals surface area contributed by atoms with Gasteiger partial charge in [-0.15, -0.1) is 0 Å². The highest BCUT2D eigenvalue weighted by Crippen LogP contribution is 2.33. The summed E-state index contributed by atoms with van der Waals surface area (Å²) in [6.45, 7) is 0. The number of nitrogens with zero attached hydrogens (tertiary/aromatic N) is 3. The van der Waals surface area contributed by atoms with Crippen LogP contribution in [-0.2, 0) is 6.18 Å². The first kappa shape index (κ1) is 14.4. The maximum atomic E-state index is 12.8. The van der Waals surface area contributed by atoms with Gasteiger partial charge < -0.3 is 10.8 Å². The maximum absolute atomic E-state index is 12.8. The largest absolute Gasteiger partial charge is 0.476 e. The number of halogens is 3. The molecule has 0 atom stereocenters. The number of benzene rings is 1. The van der Waals surface area contributed by atoms with Crippen molar-refractivity contribution in [3.05, 3.63) is 41.2 Å². The van der Waals surface area contributed by atoms with E-state index in [2.05, 4.69) is 5.10 Å². The van der Waals surface area contributed by atoms with Gasteiger partial charge in [0.2, 0.25) is 0 Å². The molecular weight excluding hydrogens is 289 g/mol. The van der Waals surface area contributed by atoms with Crippen molar-refractivity contribution in [3.8, 4) is 11.8 Å². The average molecular weight is 296 g/mol. The molecule has 2 rings (SSSR count). The highest BCUT2D eigenvalue weighted by atomic mass is 19.4. The molecule has 1 aromatic carbocycles. The summed E-state index contributed by atoms with van der Waals surface area (Å²) in [5.74, 6) is -1.39. The number of nitrogen functional groups attached to an aromatic ring is 1. The van der Waals surface area contributed by atoms with E-state index in [4.69, 9.17) is 16.1 Å². The van der Waals surface area contributed by atoms with E-state index in [1.165, 1.54) is 12.1 Å². The Labute approximate surface area is 115 Å². The van der Waals surface area contributed by atoms with E-state index in [1.54, 1.807) is 0 Å². The molecule has 0 aliphatic rings. The van der Waals surface area contributed by atoms with E-state index in [0.717, 1.165) is 16.9 Å². The van der Waals surface area contributed by atoms with Crippen LogP contribution in [-0.4, -0.2) is 20.9 Å². The van der Waals surface area contributed by atoms with E-state index >= 15 is 0 Å². The number of aromatic carboxylic acids is 1. The molecule has 21 heavy (non-hydrogen) atoms. The van der Waals surface area contributed by atoms with Crippen molar-refractivity contribution >= 4 is 11.7 Å². The van der Waals surface area contributed by atoms with Gasteiger partial charge in [-0.25, -0.2) is 9.48 Å². The number of carboxylic acids is 1. The molecular formula is C12H7F3N4O2. The monoisotopic (exact) mass is 296 g/mol. The van der Waals surface area contributed by atoms with Gasteiger partial charge in [0, 0.05) is 0 Å². The summed E-state index contributed by atoms with van der Waals surface area (Å²) in [7, 11) is 0. The van der Waals surface area contributed by atoms with Gasteiger partial charge >= 0.3 is 12.1 Å². The Hall–Kier alpha value is -3.02. The van der Waals surface area contributed by atoms with Crippen LogP contribution in [0.2, 0.25) is 0 Å². The Morgan fingerprint density at radius 3 is 2.57 bits per heavy atom. The Bertz CT molecular complexity index is 759. The summed E-state index contributed by atoms with van der Waals surface area (Å²) in [5, 5.41) is 21.1. The third-order valence-electron chi connectivity index (χ3n) is 2.64. The van der Waals surface area contributed by atoms with Crippen molar-refractivity contribution < 1.29 is 23.1 Å². The first-order valence-corrected chi connectivity index (χ1v) is 5.44. The SMILES string of the molecule is N#Cc1ccc(-n2cc(N)c(C(=O)O)n2)cc1C(F)(F)F. The van der Waals surface area contributed by atoms with Crippen LogP contribution in [0.25, 0.3) is 5.69 Å². The molecule has 1 aromatic heterocycles. The van der Waals surface area contributed by atoms with Crippen LogP contribution in [0, 0.1) is 11.3 Å². The molecule has 0 saturated carbocycles. The third-order valence-corrected chi connectivity index (χ3v) is 2.64. The fourth-order valence-corrected chi connectivity index (χ4v) is 1.69. The van der Waals surface area contributed by atoms with Crippen LogP contribution in [0.15, 0.2) is 24.4 Å². The average Bonchev–Trinajstić information content (AvgIpc) is 2.79. The predicted octanol–water partition coefficient (Wildman–Crippen LogP) is 2.04. The molecule has 0 aliphatic carbocycles. The molecule has 1 heterocycles. The summed E-state index contributed by atoms with van der Waals surface area (Å²) >= 11 is 0. The molecule has 9 heteroatoms. The van der Waals surface area contributed by atoms with Crippen LogP contribution < -0.4 is 5.73 Å². The van der Waals surface area contributed by atoms with Crippen LogP contribution in [0.1, 0.15) is 21.6 Å². The van der Waals surface area contributed by atoms with E-state index in [1.807, 2.05) is 0 Å². The summed E-state index contributed by atoms with van der Waals surface area (Å²) in [6.07, 6.45) is -3.62. The minimum Gasteiger partial charge on any atom is -0.476 e.